The van der Waals surface area contributed by atoms with Crippen molar-refractivity contribution >= 4 is 5.71 Å². The highest BCUT2D eigenvalue weighted by Gasteiger charge is 2.47. The number of nitrogens with zero attached hydrogens (tertiary/aromatic N) is 1. The van der Waals surface area contributed by atoms with Crippen molar-refractivity contribution < 1.29 is 9.68 Å². The van der Waals surface area contributed by atoms with Gasteiger partial charge in [0.2, 0.25) is 5.70 Å². The summed E-state index contributed by atoms with van der Waals surface area (Å²) >= 11 is 0. The van der Waals surface area contributed by atoms with Crippen LogP contribution in [0.5, 0.6) is 0 Å². The molecule has 1 N–H and O–H groups in total. The molecular formula is C19H28NO+. The van der Waals surface area contributed by atoms with Gasteiger partial charge in [-0.1, -0.05) is 38.7 Å². The molecular weight excluding hydrogens is 258 g/mol. The Bertz CT molecular complexity index is 597. The van der Waals surface area contributed by atoms with Crippen LogP contribution >= 0.6 is 0 Å². The standard InChI is InChI=1S/C19H27NO/c1-13(14(2)21)12-20-15(3)19(6,7)16-11-18(4,5)10-8-9-17(16)20/h8-11,13H,2,12H2,1,3-7H3/p+1. The molecule has 0 saturated heterocycles. The van der Waals surface area contributed by atoms with Crippen molar-refractivity contribution in [3.63, 3.8) is 0 Å². The van der Waals surface area contributed by atoms with E-state index in [1.54, 1.807) is 0 Å². The zero-order valence-corrected chi connectivity index (χ0v) is 14.2. The highest BCUT2D eigenvalue weighted by Crippen LogP contribution is 2.44. The lowest BCUT2D eigenvalue weighted by molar-refractivity contribution is -0.476. The van der Waals surface area contributed by atoms with E-state index in [4.69, 9.17) is 0 Å². The first-order valence-corrected chi connectivity index (χ1v) is 7.69. The van der Waals surface area contributed by atoms with Crippen LogP contribution in [-0.4, -0.2) is 21.9 Å². The molecule has 0 radical (unpaired) electrons. The van der Waals surface area contributed by atoms with Crippen molar-refractivity contribution in [1.29, 1.82) is 0 Å². The molecule has 2 heteroatoms. The van der Waals surface area contributed by atoms with Crippen LogP contribution in [-0.2, 0) is 0 Å². The smallest absolute Gasteiger partial charge is 0.209 e. The van der Waals surface area contributed by atoms with Gasteiger partial charge in [0, 0.05) is 24.0 Å². The molecule has 0 saturated carbocycles. The summed E-state index contributed by atoms with van der Waals surface area (Å²) in [5.74, 6) is 0.305. The molecule has 1 unspecified atom stereocenters. The molecule has 1 atom stereocenters. The Morgan fingerprint density at radius 2 is 1.95 bits per heavy atom. The van der Waals surface area contributed by atoms with Gasteiger partial charge in [-0.25, -0.2) is 0 Å². The van der Waals surface area contributed by atoms with Gasteiger partial charge >= 0.3 is 0 Å². The molecule has 114 valence electrons. The molecule has 0 spiro atoms. The SMILES string of the molecule is C=C(O)C(C)C[N+]1=C(C)C(C)(C)C2=CC(C)(C)C=CC=C21. The Morgan fingerprint density at radius 3 is 2.52 bits per heavy atom. The second-order valence-electron chi connectivity index (χ2n) is 7.50. The van der Waals surface area contributed by atoms with Gasteiger partial charge < -0.3 is 5.11 Å². The second-order valence-corrected chi connectivity index (χ2v) is 7.50. The molecule has 2 aliphatic rings. The van der Waals surface area contributed by atoms with E-state index >= 15 is 0 Å². The fourth-order valence-corrected chi connectivity index (χ4v) is 3.03. The number of aliphatic hydroxyl groups is 1. The summed E-state index contributed by atoms with van der Waals surface area (Å²) in [6.07, 6.45) is 8.97. The van der Waals surface area contributed by atoms with Crippen molar-refractivity contribution in [3.8, 4) is 0 Å². The van der Waals surface area contributed by atoms with Crippen LogP contribution in [0, 0.1) is 16.7 Å². The molecule has 0 aromatic rings. The highest BCUT2D eigenvalue weighted by molar-refractivity contribution is 5.90. The Morgan fingerprint density at radius 1 is 1.33 bits per heavy atom. The van der Waals surface area contributed by atoms with Crippen LogP contribution < -0.4 is 0 Å². The summed E-state index contributed by atoms with van der Waals surface area (Å²) in [5, 5.41) is 9.65. The van der Waals surface area contributed by atoms with E-state index in [9.17, 15) is 5.11 Å². The number of rotatable bonds is 3. The molecule has 1 heterocycles. The van der Waals surface area contributed by atoms with E-state index in [0.29, 0.717) is 0 Å². The van der Waals surface area contributed by atoms with E-state index in [2.05, 4.69) is 70.1 Å². The minimum Gasteiger partial charge on any atom is -0.512 e. The zero-order chi connectivity index (χ0) is 16.0. The van der Waals surface area contributed by atoms with E-state index < -0.39 is 0 Å². The second kappa shape index (κ2) is 5.01. The summed E-state index contributed by atoms with van der Waals surface area (Å²) in [5.41, 5.74) is 4.05. The number of hydrogen-bond acceptors (Lipinski definition) is 1. The van der Waals surface area contributed by atoms with Crippen molar-refractivity contribution in [2.45, 2.75) is 41.5 Å². The minimum absolute atomic E-state index is 0.0195. The molecule has 0 amide bonds. The maximum atomic E-state index is 9.65. The Hall–Kier alpha value is -1.57. The number of hydrogen-bond donors (Lipinski definition) is 1. The number of allylic oxidation sites excluding steroid dienone is 5. The molecule has 0 bridgehead atoms. The number of aliphatic hydroxyl groups excluding tert-OH is 1. The third kappa shape index (κ3) is 2.76. The van der Waals surface area contributed by atoms with Gasteiger partial charge in [-0.05, 0) is 20.8 Å². The van der Waals surface area contributed by atoms with Crippen molar-refractivity contribution in [3.05, 3.63) is 47.9 Å². The Balaban J connectivity index is 2.52. The van der Waals surface area contributed by atoms with Crippen molar-refractivity contribution in [1.82, 2.24) is 0 Å². The van der Waals surface area contributed by atoms with Gasteiger partial charge in [-0.2, -0.15) is 4.58 Å². The molecule has 1 aliphatic carbocycles. The Kier molecular flexibility index (Phi) is 3.77. The maximum Gasteiger partial charge on any atom is 0.209 e. The first kappa shape index (κ1) is 15.8. The van der Waals surface area contributed by atoms with Gasteiger partial charge in [0.15, 0.2) is 12.3 Å². The summed E-state index contributed by atoms with van der Waals surface area (Å²) in [6.45, 7) is 17.7. The van der Waals surface area contributed by atoms with Crippen LogP contribution in [0.3, 0.4) is 0 Å². The fraction of sp³-hybridized carbons (Fsp3) is 0.526. The van der Waals surface area contributed by atoms with Crippen LogP contribution in [0.4, 0.5) is 0 Å². The third-order valence-electron chi connectivity index (χ3n) is 4.87. The minimum atomic E-state index is 0.0195. The van der Waals surface area contributed by atoms with Gasteiger partial charge in [-0.15, -0.1) is 0 Å². The summed E-state index contributed by atoms with van der Waals surface area (Å²) in [6, 6.07) is 0. The summed E-state index contributed by atoms with van der Waals surface area (Å²) < 4.78 is 2.34. The third-order valence-corrected chi connectivity index (χ3v) is 4.87. The molecule has 2 rings (SSSR count). The van der Waals surface area contributed by atoms with Gasteiger partial charge in [-0.3, -0.25) is 0 Å². The van der Waals surface area contributed by atoms with Crippen LogP contribution in [0.15, 0.2) is 47.9 Å². The molecule has 2 nitrogen and oxygen atoms in total. The highest BCUT2D eigenvalue weighted by atomic mass is 16.3. The largest absolute Gasteiger partial charge is 0.512 e. The molecule has 1 aliphatic heterocycles. The average molecular weight is 286 g/mol. The molecule has 0 aromatic carbocycles. The van der Waals surface area contributed by atoms with Gasteiger partial charge in [0.1, 0.15) is 0 Å². The molecule has 21 heavy (non-hydrogen) atoms. The lowest BCUT2D eigenvalue weighted by Crippen LogP contribution is -2.25. The Labute approximate surface area is 128 Å². The van der Waals surface area contributed by atoms with Crippen LogP contribution in [0.25, 0.3) is 0 Å². The monoisotopic (exact) mass is 286 g/mol. The quantitative estimate of drug-likeness (QED) is 0.594. The average Bonchev–Trinajstić information content (AvgIpc) is 2.51. The first-order valence-electron chi connectivity index (χ1n) is 7.69. The van der Waals surface area contributed by atoms with Crippen LogP contribution in [0.2, 0.25) is 0 Å². The van der Waals surface area contributed by atoms with Crippen LogP contribution in [0.1, 0.15) is 41.5 Å². The van der Waals surface area contributed by atoms with E-state index in [1.807, 2.05) is 6.92 Å². The van der Waals surface area contributed by atoms with E-state index in [1.165, 1.54) is 17.0 Å². The summed E-state index contributed by atoms with van der Waals surface area (Å²) in [4.78, 5) is 0. The van der Waals surface area contributed by atoms with Crippen molar-refractivity contribution in [2.24, 2.45) is 16.7 Å². The maximum absolute atomic E-state index is 9.65. The first-order chi connectivity index (χ1) is 9.56. The molecule has 0 aromatic heterocycles. The number of fused-ring (bicyclic) bond motifs is 1. The predicted octanol–water partition coefficient (Wildman–Crippen LogP) is 4.61. The van der Waals surface area contributed by atoms with E-state index in [0.717, 1.165) is 6.54 Å². The predicted molar refractivity (Wildman–Crippen MR) is 89.6 cm³/mol. The van der Waals surface area contributed by atoms with Gasteiger partial charge in [0.25, 0.3) is 0 Å². The van der Waals surface area contributed by atoms with Crippen molar-refractivity contribution in [2.75, 3.05) is 6.54 Å². The van der Waals surface area contributed by atoms with Gasteiger partial charge in [0.05, 0.1) is 17.1 Å². The molecule has 0 fully saturated rings. The fourth-order valence-electron chi connectivity index (χ4n) is 3.03. The normalized spacial score (nSPS) is 24.1. The van der Waals surface area contributed by atoms with E-state index in [-0.39, 0.29) is 22.5 Å². The lowest BCUT2D eigenvalue weighted by Gasteiger charge is -2.20. The zero-order valence-electron chi connectivity index (χ0n) is 14.2. The lowest BCUT2D eigenvalue weighted by atomic mass is 9.78. The topological polar surface area (TPSA) is 23.2 Å². The summed E-state index contributed by atoms with van der Waals surface area (Å²) in [7, 11) is 0.